The average molecular weight is 325 g/mol. The smallest absolute Gasteiger partial charge is 0.303 e. The summed E-state index contributed by atoms with van der Waals surface area (Å²) in [6.45, 7) is 0. The summed E-state index contributed by atoms with van der Waals surface area (Å²) in [5.74, 6) is -1.88. The van der Waals surface area contributed by atoms with Crippen molar-refractivity contribution in [3.05, 3.63) is 35.9 Å². The van der Waals surface area contributed by atoms with Gasteiger partial charge in [0.15, 0.2) is 9.84 Å². The molecular weight excluding hydrogens is 306 g/mol. The SMILES string of the molecule is O=C(O)CCC(NC(=O)C1CCS(=O)(=O)C1)c1ccccc1. The molecule has 1 amide bonds. The summed E-state index contributed by atoms with van der Waals surface area (Å²) < 4.78 is 22.9. The maximum Gasteiger partial charge on any atom is 0.303 e. The summed E-state index contributed by atoms with van der Waals surface area (Å²) in [7, 11) is -3.12. The summed E-state index contributed by atoms with van der Waals surface area (Å²) in [6.07, 6.45) is 0.530. The molecule has 120 valence electrons. The van der Waals surface area contributed by atoms with Crippen LogP contribution in [-0.2, 0) is 19.4 Å². The van der Waals surface area contributed by atoms with Gasteiger partial charge in [-0.1, -0.05) is 30.3 Å². The van der Waals surface area contributed by atoms with Crippen LogP contribution in [0.25, 0.3) is 0 Å². The molecular formula is C15H19NO5S. The molecule has 2 rings (SSSR count). The van der Waals surface area contributed by atoms with E-state index in [0.717, 1.165) is 5.56 Å². The fourth-order valence-corrected chi connectivity index (χ4v) is 4.31. The fourth-order valence-electron chi connectivity index (χ4n) is 2.57. The lowest BCUT2D eigenvalue weighted by atomic mass is 10.0. The summed E-state index contributed by atoms with van der Waals surface area (Å²) in [6, 6.07) is 8.68. The predicted molar refractivity (Wildman–Crippen MR) is 81.0 cm³/mol. The van der Waals surface area contributed by atoms with Crippen molar-refractivity contribution in [3.8, 4) is 0 Å². The number of amides is 1. The number of benzene rings is 1. The highest BCUT2D eigenvalue weighted by Gasteiger charge is 2.33. The number of rotatable bonds is 6. The van der Waals surface area contributed by atoms with Crippen LogP contribution >= 0.6 is 0 Å². The van der Waals surface area contributed by atoms with Crippen molar-refractivity contribution in [2.45, 2.75) is 25.3 Å². The van der Waals surface area contributed by atoms with E-state index in [0.29, 0.717) is 6.42 Å². The Kier molecular flexibility index (Phi) is 5.18. The van der Waals surface area contributed by atoms with Gasteiger partial charge in [0.25, 0.3) is 0 Å². The highest BCUT2D eigenvalue weighted by molar-refractivity contribution is 7.91. The van der Waals surface area contributed by atoms with Crippen LogP contribution < -0.4 is 5.32 Å². The number of carbonyl (C=O) groups excluding carboxylic acids is 1. The first-order chi connectivity index (χ1) is 10.4. The van der Waals surface area contributed by atoms with E-state index < -0.39 is 27.8 Å². The van der Waals surface area contributed by atoms with Crippen molar-refractivity contribution >= 4 is 21.7 Å². The quantitative estimate of drug-likeness (QED) is 0.817. The zero-order chi connectivity index (χ0) is 16.2. The second kappa shape index (κ2) is 6.91. The van der Waals surface area contributed by atoms with Crippen LogP contribution in [0.15, 0.2) is 30.3 Å². The first-order valence-corrected chi connectivity index (χ1v) is 8.97. The first-order valence-electron chi connectivity index (χ1n) is 7.15. The van der Waals surface area contributed by atoms with E-state index in [9.17, 15) is 18.0 Å². The fraction of sp³-hybridized carbons (Fsp3) is 0.467. The highest BCUT2D eigenvalue weighted by Crippen LogP contribution is 2.23. The molecule has 1 aromatic rings. The molecule has 2 unspecified atom stereocenters. The lowest BCUT2D eigenvalue weighted by Crippen LogP contribution is -2.34. The molecule has 0 aromatic heterocycles. The topological polar surface area (TPSA) is 101 Å². The van der Waals surface area contributed by atoms with Crippen molar-refractivity contribution in [1.82, 2.24) is 5.32 Å². The lowest BCUT2D eigenvalue weighted by molar-refractivity contribution is -0.137. The van der Waals surface area contributed by atoms with Crippen LogP contribution in [0, 0.1) is 5.92 Å². The van der Waals surface area contributed by atoms with Crippen LogP contribution in [0.4, 0.5) is 0 Å². The van der Waals surface area contributed by atoms with E-state index in [1.54, 1.807) is 0 Å². The van der Waals surface area contributed by atoms with E-state index in [-0.39, 0.29) is 30.3 Å². The van der Waals surface area contributed by atoms with Gasteiger partial charge in [0, 0.05) is 6.42 Å². The van der Waals surface area contributed by atoms with Crippen LogP contribution in [0.5, 0.6) is 0 Å². The molecule has 0 radical (unpaired) electrons. The number of nitrogens with one attached hydrogen (secondary N) is 1. The van der Waals surface area contributed by atoms with Gasteiger partial charge < -0.3 is 10.4 Å². The van der Waals surface area contributed by atoms with Gasteiger partial charge in [0.2, 0.25) is 5.91 Å². The summed E-state index contributed by atoms with van der Waals surface area (Å²) in [5.41, 5.74) is 0.818. The number of hydrogen-bond acceptors (Lipinski definition) is 4. The maximum atomic E-state index is 12.2. The Hall–Kier alpha value is -1.89. The van der Waals surface area contributed by atoms with Crippen LogP contribution in [0.3, 0.4) is 0 Å². The molecule has 2 atom stereocenters. The number of carbonyl (C=O) groups is 2. The normalized spacial score (nSPS) is 21.2. The first kappa shape index (κ1) is 16.5. The van der Waals surface area contributed by atoms with Gasteiger partial charge in [-0.25, -0.2) is 8.42 Å². The molecule has 0 aliphatic carbocycles. The van der Waals surface area contributed by atoms with Crippen LogP contribution in [0.1, 0.15) is 30.9 Å². The van der Waals surface area contributed by atoms with Gasteiger partial charge >= 0.3 is 5.97 Å². The van der Waals surface area contributed by atoms with Gasteiger partial charge in [0.1, 0.15) is 0 Å². The third-order valence-electron chi connectivity index (χ3n) is 3.77. The number of sulfone groups is 1. The van der Waals surface area contributed by atoms with E-state index in [2.05, 4.69) is 5.32 Å². The van der Waals surface area contributed by atoms with Gasteiger partial charge in [-0.3, -0.25) is 9.59 Å². The molecule has 1 fully saturated rings. The monoisotopic (exact) mass is 325 g/mol. The highest BCUT2D eigenvalue weighted by atomic mass is 32.2. The van der Waals surface area contributed by atoms with Gasteiger partial charge in [-0.2, -0.15) is 0 Å². The molecule has 0 saturated carbocycles. The molecule has 7 heteroatoms. The Balaban J connectivity index is 2.06. The number of hydrogen-bond donors (Lipinski definition) is 2. The molecule has 1 aliphatic heterocycles. The number of aliphatic carboxylic acids is 1. The van der Waals surface area contributed by atoms with Crippen LogP contribution in [0.2, 0.25) is 0 Å². The summed E-state index contributed by atoms with van der Waals surface area (Å²) in [4.78, 5) is 23.0. The number of carboxylic acids is 1. The van der Waals surface area contributed by atoms with Crippen molar-refractivity contribution < 1.29 is 23.1 Å². The third kappa shape index (κ3) is 4.56. The van der Waals surface area contributed by atoms with E-state index in [1.165, 1.54) is 0 Å². The lowest BCUT2D eigenvalue weighted by Gasteiger charge is -2.20. The Morgan fingerprint density at radius 1 is 1.27 bits per heavy atom. The molecule has 0 bridgehead atoms. The zero-order valence-electron chi connectivity index (χ0n) is 12.1. The summed E-state index contributed by atoms with van der Waals surface area (Å²) >= 11 is 0. The van der Waals surface area contributed by atoms with E-state index >= 15 is 0 Å². The maximum absolute atomic E-state index is 12.2. The second-order valence-corrected chi connectivity index (χ2v) is 7.73. The van der Waals surface area contributed by atoms with Crippen molar-refractivity contribution in [3.63, 3.8) is 0 Å². The Bertz CT molecular complexity index is 641. The molecule has 1 saturated heterocycles. The Morgan fingerprint density at radius 2 is 1.95 bits per heavy atom. The Morgan fingerprint density at radius 3 is 2.50 bits per heavy atom. The van der Waals surface area contributed by atoms with E-state index in [4.69, 9.17) is 5.11 Å². The molecule has 2 N–H and O–H groups in total. The van der Waals surface area contributed by atoms with E-state index in [1.807, 2.05) is 30.3 Å². The standard InChI is InChI=1S/C15H19NO5S/c17-14(18)7-6-13(11-4-2-1-3-5-11)16-15(19)12-8-9-22(20,21)10-12/h1-5,12-13H,6-10H2,(H,16,19)(H,17,18). The largest absolute Gasteiger partial charge is 0.481 e. The van der Waals surface area contributed by atoms with Gasteiger partial charge in [0.05, 0.1) is 23.5 Å². The third-order valence-corrected chi connectivity index (χ3v) is 5.54. The molecule has 1 aliphatic rings. The minimum Gasteiger partial charge on any atom is -0.481 e. The molecule has 1 aromatic carbocycles. The van der Waals surface area contributed by atoms with Crippen molar-refractivity contribution in [1.29, 1.82) is 0 Å². The summed E-state index contributed by atoms with van der Waals surface area (Å²) in [5, 5.41) is 11.6. The van der Waals surface area contributed by atoms with Gasteiger partial charge in [-0.05, 0) is 18.4 Å². The van der Waals surface area contributed by atoms with Crippen molar-refractivity contribution in [2.24, 2.45) is 5.92 Å². The molecule has 1 heterocycles. The second-order valence-electron chi connectivity index (χ2n) is 5.50. The van der Waals surface area contributed by atoms with Crippen LogP contribution in [-0.4, -0.2) is 36.9 Å². The number of carboxylic acid groups (broad SMARTS) is 1. The van der Waals surface area contributed by atoms with Crippen molar-refractivity contribution in [2.75, 3.05) is 11.5 Å². The minimum absolute atomic E-state index is 0.0379. The average Bonchev–Trinajstić information content (AvgIpc) is 2.84. The minimum atomic E-state index is -3.12. The molecule has 0 spiro atoms. The predicted octanol–water partition coefficient (Wildman–Crippen LogP) is 1.14. The van der Waals surface area contributed by atoms with Gasteiger partial charge in [-0.15, -0.1) is 0 Å². The molecule has 6 nitrogen and oxygen atoms in total. The Labute approximate surface area is 129 Å². The molecule has 22 heavy (non-hydrogen) atoms. The zero-order valence-corrected chi connectivity index (χ0v) is 12.9.